The molecule has 0 fully saturated rings. The standard InChI is InChI=1S/C19H20N2O6S/c1-11-12(2)28-18(16(11)19(25)26-3)21-14(22)10-27-15(23)9-20-17(24)13-7-5-4-6-8-13/h4-8H,9-10H2,1-3H3,(H,20,24)(H,21,22). The van der Waals surface area contributed by atoms with Crippen molar-refractivity contribution in [3.8, 4) is 0 Å². The van der Waals surface area contributed by atoms with Gasteiger partial charge in [-0.1, -0.05) is 18.2 Å². The van der Waals surface area contributed by atoms with E-state index in [9.17, 15) is 19.2 Å². The second-order valence-corrected chi connectivity index (χ2v) is 6.96. The predicted molar refractivity (Wildman–Crippen MR) is 103 cm³/mol. The molecule has 0 aliphatic heterocycles. The fraction of sp³-hybridized carbons (Fsp3) is 0.263. The van der Waals surface area contributed by atoms with Crippen molar-refractivity contribution in [3.05, 3.63) is 51.9 Å². The van der Waals surface area contributed by atoms with Gasteiger partial charge in [-0.25, -0.2) is 4.79 Å². The lowest BCUT2D eigenvalue weighted by Crippen LogP contribution is -2.32. The van der Waals surface area contributed by atoms with Crippen molar-refractivity contribution in [1.82, 2.24) is 5.32 Å². The van der Waals surface area contributed by atoms with Crippen molar-refractivity contribution >= 4 is 40.1 Å². The number of hydrogen-bond donors (Lipinski definition) is 2. The Balaban J connectivity index is 1.84. The molecule has 9 heteroatoms. The largest absolute Gasteiger partial charge is 0.465 e. The van der Waals surface area contributed by atoms with E-state index in [4.69, 9.17) is 9.47 Å². The molecule has 8 nitrogen and oxygen atoms in total. The SMILES string of the molecule is COC(=O)c1c(NC(=O)COC(=O)CNC(=O)c2ccccc2)sc(C)c1C. The minimum absolute atomic E-state index is 0.278. The molecule has 1 heterocycles. The number of esters is 2. The highest BCUT2D eigenvalue weighted by Crippen LogP contribution is 2.32. The number of benzene rings is 1. The number of hydrogen-bond acceptors (Lipinski definition) is 7. The first-order chi connectivity index (χ1) is 13.3. The van der Waals surface area contributed by atoms with Gasteiger partial charge in [0, 0.05) is 10.4 Å². The van der Waals surface area contributed by atoms with Gasteiger partial charge in [0.25, 0.3) is 11.8 Å². The maximum Gasteiger partial charge on any atom is 0.341 e. The number of carbonyl (C=O) groups is 4. The highest BCUT2D eigenvalue weighted by molar-refractivity contribution is 7.16. The summed E-state index contributed by atoms with van der Waals surface area (Å²) in [5.74, 6) is -2.34. The van der Waals surface area contributed by atoms with E-state index >= 15 is 0 Å². The molecule has 0 radical (unpaired) electrons. The third-order valence-electron chi connectivity index (χ3n) is 3.82. The Morgan fingerprint density at radius 2 is 1.75 bits per heavy atom. The molecule has 28 heavy (non-hydrogen) atoms. The second kappa shape index (κ2) is 9.65. The molecular weight excluding hydrogens is 384 g/mol. The number of nitrogens with one attached hydrogen (secondary N) is 2. The zero-order valence-electron chi connectivity index (χ0n) is 15.7. The van der Waals surface area contributed by atoms with Gasteiger partial charge in [0.2, 0.25) is 0 Å². The minimum atomic E-state index is -0.758. The van der Waals surface area contributed by atoms with Gasteiger partial charge in [-0.3, -0.25) is 14.4 Å². The van der Waals surface area contributed by atoms with Crippen molar-refractivity contribution in [3.63, 3.8) is 0 Å². The Morgan fingerprint density at radius 1 is 1.07 bits per heavy atom. The summed E-state index contributed by atoms with van der Waals surface area (Å²) in [5, 5.41) is 5.29. The first-order valence-electron chi connectivity index (χ1n) is 8.30. The summed E-state index contributed by atoms with van der Waals surface area (Å²) in [6, 6.07) is 8.39. The summed E-state index contributed by atoms with van der Waals surface area (Å²) in [6.07, 6.45) is 0. The number of anilines is 1. The van der Waals surface area contributed by atoms with Crippen LogP contribution < -0.4 is 10.6 Å². The van der Waals surface area contributed by atoms with Crippen LogP contribution in [-0.4, -0.2) is 44.0 Å². The topological polar surface area (TPSA) is 111 Å². The maximum absolute atomic E-state index is 12.0. The maximum atomic E-state index is 12.0. The van der Waals surface area contributed by atoms with Crippen LogP contribution in [0.1, 0.15) is 31.2 Å². The summed E-state index contributed by atoms with van der Waals surface area (Å²) >= 11 is 1.23. The molecule has 2 aromatic rings. The Kier molecular flexibility index (Phi) is 7.28. The zero-order chi connectivity index (χ0) is 20.7. The van der Waals surface area contributed by atoms with E-state index in [1.54, 1.807) is 37.3 Å². The summed E-state index contributed by atoms with van der Waals surface area (Å²) in [7, 11) is 1.26. The lowest BCUT2D eigenvalue weighted by Gasteiger charge is -2.08. The fourth-order valence-corrected chi connectivity index (χ4v) is 3.33. The van der Waals surface area contributed by atoms with E-state index in [0.29, 0.717) is 16.1 Å². The van der Waals surface area contributed by atoms with Gasteiger partial charge < -0.3 is 20.1 Å². The van der Waals surface area contributed by atoms with Crippen LogP contribution >= 0.6 is 11.3 Å². The number of thiophene rings is 1. The Morgan fingerprint density at radius 3 is 2.39 bits per heavy atom. The molecule has 0 bridgehead atoms. The van der Waals surface area contributed by atoms with Gasteiger partial charge in [0.1, 0.15) is 11.5 Å². The van der Waals surface area contributed by atoms with E-state index in [1.807, 2.05) is 6.92 Å². The van der Waals surface area contributed by atoms with Gasteiger partial charge in [-0.05, 0) is 31.5 Å². The van der Waals surface area contributed by atoms with Crippen LogP contribution in [0.25, 0.3) is 0 Å². The van der Waals surface area contributed by atoms with Crippen molar-refractivity contribution in [1.29, 1.82) is 0 Å². The molecule has 2 rings (SSSR count). The highest BCUT2D eigenvalue weighted by Gasteiger charge is 2.22. The molecule has 0 atom stereocenters. The Hall–Kier alpha value is -3.20. The van der Waals surface area contributed by atoms with Crippen LogP contribution in [0.2, 0.25) is 0 Å². The number of aryl methyl sites for hydroxylation is 1. The number of amides is 2. The number of ether oxygens (including phenoxy) is 2. The van der Waals surface area contributed by atoms with Gasteiger partial charge in [0.15, 0.2) is 6.61 Å². The molecule has 148 valence electrons. The van der Waals surface area contributed by atoms with Gasteiger partial charge in [0.05, 0.1) is 12.7 Å². The molecule has 0 unspecified atom stereocenters. The van der Waals surface area contributed by atoms with E-state index in [0.717, 1.165) is 4.88 Å². The van der Waals surface area contributed by atoms with Gasteiger partial charge >= 0.3 is 11.9 Å². The summed E-state index contributed by atoms with van der Waals surface area (Å²) in [4.78, 5) is 48.4. The highest BCUT2D eigenvalue weighted by atomic mass is 32.1. The molecule has 1 aromatic carbocycles. The van der Waals surface area contributed by atoms with E-state index < -0.39 is 30.4 Å². The summed E-state index contributed by atoms with van der Waals surface area (Å²) < 4.78 is 9.58. The molecule has 0 aliphatic carbocycles. The van der Waals surface area contributed by atoms with Crippen LogP contribution in [0.4, 0.5) is 5.00 Å². The van der Waals surface area contributed by atoms with E-state index in [1.165, 1.54) is 18.4 Å². The molecular formula is C19H20N2O6S. The monoisotopic (exact) mass is 404 g/mol. The molecule has 0 aliphatic rings. The van der Waals surface area contributed by atoms with Crippen molar-refractivity contribution in [2.45, 2.75) is 13.8 Å². The average molecular weight is 404 g/mol. The lowest BCUT2D eigenvalue weighted by molar-refractivity contribution is -0.146. The quantitative estimate of drug-likeness (QED) is 0.684. The average Bonchev–Trinajstić information content (AvgIpc) is 2.97. The van der Waals surface area contributed by atoms with Crippen LogP contribution in [0.3, 0.4) is 0 Å². The number of carbonyl (C=O) groups excluding carboxylic acids is 4. The second-order valence-electron chi connectivity index (χ2n) is 5.74. The number of rotatable bonds is 7. The van der Waals surface area contributed by atoms with Crippen LogP contribution in [0, 0.1) is 13.8 Å². The molecule has 2 amide bonds. The van der Waals surface area contributed by atoms with E-state index in [-0.39, 0.29) is 12.1 Å². The van der Waals surface area contributed by atoms with Crippen molar-refractivity contribution < 1.29 is 28.7 Å². The van der Waals surface area contributed by atoms with Crippen molar-refractivity contribution in [2.75, 3.05) is 25.6 Å². The first-order valence-corrected chi connectivity index (χ1v) is 9.12. The minimum Gasteiger partial charge on any atom is -0.465 e. The van der Waals surface area contributed by atoms with Gasteiger partial charge in [-0.15, -0.1) is 11.3 Å². The number of methoxy groups -OCH3 is 1. The Labute approximate surface area is 165 Å². The smallest absolute Gasteiger partial charge is 0.341 e. The predicted octanol–water partition coefficient (Wildman–Crippen LogP) is 2.06. The zero-order valence-corrected chi connectivity index (χ0v) is 16.5. The lowest BCUT2D eigenvalue weighted by atomic mass is 10.1. The first kappa shape index (κ1) is 21.1. The molecule has 0 saturated heterocycles. The molecule has 0 saturated carbocycles. The summed E-state index contributed by atoms with van der Waals surface area (Å²) in [6.45, 7) is 2.66. The molecule has 0 spiro atoms. The molecule has 2 N–H and O–H groups in total. The normalized spacial score (nSPS) is 10.1. The van der Waals surface area contributed by atoms with Gasteiger partial charge in [-0.2, -0.15) is 0 Å². The Bertz CT molecular complexity index is 891. The third-order valence-corrected chi connectivity index (χ3v) is 4.94. The van der Waals surface area contributed by atoms with Crippen molar-refractivity contribution in [2.24, 2.45) is 0 Å². The van der Waals surface area contributed by atoms with Crippen LogP contribution in [-0.2, 0) is 19.1 Å². The molecule has 1 aromatic heterocycles. The fourth-order valence-electron chi connectivity index (χ4n) is 2.27. The third kappa shape index (κ3) is 5.40. The van der Waals surface area contributed by atoms with Crippen LogP contribution in [0.5, 0.6) is 0 Å². The van der Waals surface area contributed by atoms with Crippen LogP contribution in [0.15, 0.2) is 30.3 Å². The summed E-state index contributed by atoms with van der Waals surface area (Å²) in [5.41, 5.74) is 1.40. The van der Waals surface area contributed by atoms with E-state index in [2.05, 4.69) is 10.6 Å².